The summed E-state index contributed by atoms with van der Waals surface area (Å²) in [6.07, 6.45) is -0.279. The van der Waals surface area contributed by atoms with Gasteiger partial charge in [-0.3, -0.25) is 4.90 Å². The molecule has 0 radical (unpaired) electrons. The lowest BCUT2D eigenvalue weighted by molar-refractivity contribution is 0.00578. The summed E-state index contributed by atoms with van der Waals surface area (Å²) in [5.41, 5.74) is 2.02. The van der Waals surface area contributed by atoms with Gasteiger partial charge in [0.2, 0.25) is 0 Å². The molecule has 0 aliphatic carbocycles. The van der Waals surface area contributed by atoms with Gasteiger partial charge in [0.25, 0.3) is 0 Å². The van der Waals surface area contributed by atoms with E-state index < -0.39 is 12.7 Å². The summed E-state index contributed by atoms with van der Waals surface area (Å²) in [7, 11) is -0.392. The maximum absolute atomic E-state index is 12.5. The van der Waals surface area contributed by atoms with Gasteiger partial charge in [0.1, 0.15) is 5.60 Å². The zero-order valence-electron chi connectivity index (χ0n) is 17.2. The number of hydrogen-bond acceptors (Lipinski definition) is 4. The summed E-state index contributed by atoms with van der Waals surface area (Å²) < 4.78 is 17.8. The highest BCUT2D eigenvalue weighted by molar-refractivity contribution is 6.62. The summed E-state index contributed by atoms with van der Waals surface area (Å²) in [5, 5.41) is 0. The number of hydrogen-bond donors (Lipinski definition) is 0. The third-order valence-corrected chi connectivity index (χ3v) is 5.58. The largest absolute Gasteiger partial charge is 0.494 e. The second-order valence-electron chi connectivity index (χ2n) is 9.33. The second-order valence-corrected chi connectivity index (χ2v) is 9.33. The van der Waals surface area contributed by atoms with Crippen LogP contribution in [-0.4, -0.2) is 34.9 Å². The smallest absolute Gasteiger partial charge is 0.444 e. The minimum Gasteiger partial charge on any atom is -0.444 e. The number of rotatable bonds is 1. The lowest BCUT2D eigenvalue weighted by Crippen LogP contribution is -2.41. The maximum atomic E-state index is 12.5. The molecule has 3 rings (SSSR count). The highest BCUT2D eigenvalue weighted by atomic mass is 16.7. The Hall–Kier alpha value is -1.53. The molecule has 0 N–H and O–H groups in total. The molecule has 0 aromatic heterocycles. The van der Waals surface area contributed by atoms with Crippen molar-refractivity contribution in [3.63, 3.8) is 0 Å². The summed E-state index contributed by atoms with van der Waals surface area (Å²) in [6, 6.07) is 6.20. The predicted molar refractivity (Wildman–Crippen MR) is 102 cm³/mol. The van der Waals surface area contributed by atoms with Crippen LogP contribution in [0.25, 0.3) is 0 Å². The van der Waals surface area contributed by atoms with E-state index in [4.69, 9.17) is 14.0 Å². The molecule has 1 fully saturated rings. The van der Waals surface area contributed by atoms with Gasteiger partial charge in [0, 0.05) is 6.54 Å². The van der Waals surface area contributed by atoms with E-state index in [1.54, 1.807) is 4.90 Å². The first kappa shape index (κ1) is 19.2. The Bertz CT molecular complexity index is 707. The van der Waals surface area contributed by atoms with E-state index in [1.807, 2.05) is 61.5 Å². The minimum atomic E-state index is -0.501. The van der Waals surface area contributed by atoms with Crippen LogP contribution in [0.3, 0.4) is 0 Å². The van der Waals surface area contributed by atoms with Crippen LogP contribution >= 0.6 is 0 Å². The van der Waals surface area contributed by atoms with Crippen molar-refractivity contribution in [1.82, 2.24) is 4.90 Å². The molecule has 142 valence electrons. The Kier molecular flexibility index (Phi) is 4.44. The van der Waals surface area contributed by atoms with Gasteiger partial charge >= 0.3 is 13.2 Å². The number of nitrogens with zero attached hydrogens (tertiary/aromatic N) is 1. The van der Waals surface area contributed by atoms with Crippen molar-refractivity contribution < 1.29 is 18.8 Å². The molecule has 1 unspecified atom stereocenters. The molecule has 0 saturated carbocycles. The van der Waals surface area contributed by atoms with Gasteiger partial charge in [-0.25, -0.2) is 4.79 Å². The fraction of sp³-hybridized carbons (Fsp3) is 0.650. The number of fused-ring (bicyclic) bond motifs is 1. The van der Waals surface area contributed by atoms with Crippen LogP contribution in [0.1, 0.15) is 72.6 Å². The number of amides is 1. The zero-order valence-corrected chi connectivity index (χ0v) is 17.2. The Morgan fingerprint density at radius 3 is 2.31 bits per heavy atom. The molecular weight excluding hydrogens is 329 g/mol. The Morgan fingerprint density at radius 2 is 1.77 bits per heavy atom. The third kappa shape index (κ3) is 3.37. The summed E-state index contributed by atoms with van der Waals surface area (Å²) in [5.74, 6) is 0. The van der Waals surface area contributed by atoms with Gasteiger partial charge in [-0.2, -0.15) is 0 Å². The standard InChI is InChI=1S/C20H30BNO4/c1-13-16-10-9-15(21-25-19(5,6)20(7,8)26-21)11-14(16)12-22(13)17(23)24-18(2,3)4/h9-11,13H,12H2,1-8H3. The Balaban J connectivity index is 1.80. The molecule has 5 nitrogen and oxygen atoms in total. The highest BCUT2D eigenvalue weighted by Crippen LogP contribution is 2.38. The number of benzene rings is 1. The lowest BCUT2D eigenvalue weighted by Gasteiger charge is -2.32. The van der Waals surface area contributed by atoms with Crippen LogP contribution in [0.15, 0.2) is 18.2 Å². The van der Waals surface area contributed by atoms with Crippen molar-refractivity contribution >= 4 is 18.7 Å². The van der Waals surface area contributed by atoms with E-state index in [2.05, 4.69) is 12.1 Å². The number of carbonyl (C=O) groups excluding carboxylic acids is 1. The number of carbonyl (C=O) groups is 1. The van der Waals surface area contributed by atoms with Crippen molar-refractivity contribution in [2.45, 2.75) is 84.8 Å². The quantitative estimate of drug-likeness (QED) is 0.716. The average Bonchev–Trinajstić information content (AvgIpc) is 2.91. The van der Waals surface area contributed by atoms with Gasteiger partial charge in [-0.15, -0.1) is 0 Å². The van der Waals surface area contributed by atoms with Crippen LogP contribution in [0, 0.1) is 0 Å². The van der Waals surface area contributed by atoms with E-state index >= 15 is 0 Å². The van der Waals surface area contributed by atoms with E-state index in [0.717, 1.165) is 16.6 Å². The van der Waals surface area contributed by atoms with E-state index in [1.165, 1.54) is 0 Å². The normalized spacial score (nSPS) is 23.9. The van der Waals surface area contributed by atoms with E-state index in [9.17, 15) is 4.79 Å². The van der Waals surface area contributed by atoms with Gasteiger partial charge in [0.15, 0.2) is 0 Å². The first-order valence-electron chi connectivity index (χ1n) is 9.29. The van der Waals surface area contributed by atoms with Crippen molar-refractivity contribution in [2.75, 3.05) is 0 Å². The average molecular weight is 359 g/mol. The van der Waals surface area contributed by atoms with Crippen molar-refractivity contribution in [3.8, 4) is 0 Å². The molecule has 1 aromatic carbocycles. The van der Waals surface area contributed by atoms with Gasteiger partial charge in [-0.1, -0.05) is 18.2 Å². The van der Waals surface area contributed by atoms with Gasteiger partial charge in [-0.05, 0) is 72.0 Å². The molecule has 1 atom stereocenters. The first-order chi connectivity index (χ1) is 11.8. The van der Waals surface area contributed by atoms with E-state index in [0.29, 0.717) is 6.54 Å². The molecule has 1 saturated heterocycles. The maximum Gasteiger partial charge on any atom is 0.494 e. The van der Waals surface area contributed by atoms with Crippen LogP contribution in [-0.2, 0) is 20.6 Å². The first-order valence-corrected chi connectivity index (χ1v) is 9.29. The van der Waals surface area contributed by atoms with Crippen molar-refractivity contribution in [2.24, 2.45) is 0 Å². The molecule has 2 aliphatic heterocycles. The zero-order chi connectivity index (χ0) is 19.5. The summed E-state index contributed by atoms with van der Waals surface area (Å²) in [6.45, 7) is 16.4. The number of ether oxygens (including phenoxy) is 1. The SMILES string of the molecule is CC1c2ccc(B3OC(C)(C)C(C)(C)O3)cc2CN1C(=O)OC(C)(C)C. The monoisotopic (exact) mass is 359 g/mol. The molecule has 2 aliphatic rings. The molecular formula is C20H30BNO4. The van der Waals surface area contributed by atoms with Crippen LogP contribution < -0.4 is 5.46 Å². The molecule has 1 aromatic rings. The third-order valence-electron chi connectivity index (χ3n) is 5.58. The predicted octanol–water partition coefficient (Wildman–Crippen LogP) is 3.80. The molecule has 26 heavy (non-hydrogen) atoms. The van der Waals surface area contributed by atoms with Crippen molar-refractivity contribution in [1.29, 1.82) is 0 Å². The topological polar surface area (TPSA) is 48.0 Å². The fourth-order valence-corrected chi connectivity index (χ4v) is 3.33. The molecule has 6 heteroatoms. The van der Waals surface area contributed by atoms with Gasteiger partial charge < -0.3 is 14.0 Å². The van der Waals surface area contributed by atoms with Crippen molar-refractivity contribution in [3.05, 3.63) is 29.3 Å². The molecule has 0 spiro atoms. The second kappa shape index (κ2) is 5.99. The van der Waals surface area contributed by atoms with E-state index in [-0.39, 0.29) is 23.3 Å². The lowest BCUT2D eigenvalue weighted by atomic mass is 9.77. The van der Waals surface area contributed by atoms with Crippen LogP contribution in [0.4, 0.5) is 4.79 Å². The molecule has 1 amide bonds. The summed E-state index contributed by atoms with van der Waals surface area (Å²) >= 11 is 0. The van der Waals surface area contributed by atoms with Crippen LogP contribution in [0.5, 0.6) is 0 Å². The van der Waals surface area contributed by atoms with Gasteiger partial charge in [0.05, 0.1) is 17.2 Å². The highest BCUT2D eigenvalue weighted by Gasteiger charge is 2.52. The summed E-state index contributed by atoms with van der Waals surface area (Å²) in [4.78, 5) is 14.3. The fourth-order valence-electron chi connectivity index (χ4n) is 3.33. The Morgan fingerprint density at radius 1 is 1.19 bits per heavy atom. The molecule has 2 heterocycles. The Labute approximate surface area is 157 Å². The minimum absolute atomic E-state index is 0.00723. The van der Waals surface area contributed by atoms with Crippen LogP contribution in [0.2, 0.25) is 0 Å². The molecule has 0 bridgehead atoms.